The topological polar surface area (TPSA) is 75.6 Å². The maximum absolute atomic E-state index is 11.3. The number of hydrogen-bond acceptors (Lipinski definition) is 4. The molecule has 3 rings (SSSR count). The zero-order valence-electron chi connectivity index (χ0n) is 7.70. The minimum absolute atomic E-state index is 0. The third-order valence-corrected chi connectivity index (χ3v) is 3.08. The summed E-state index contributed by atoms with van der Waals surface area (Å²) in [6.07, 6.45) is 0.726. The molecule has 2 bridgehead atoms. The number of carbonyl (C=O) groups excluding carboxylic acids is 1. The average Bonchev–Trinajstić information content (AvgIpc) is 2.57. The largest absolute Gasteiger partial charge is 0.481 e. The molecule has 2 aliphatic heterocycles. The molecule has 0 aromatic carbocycles. The molecule has 6 heteroatoms. The first-order chi connectivity index (χ1) is 6.05. The van der Waals surface area contributed by atoms with Gasteiger partial charge in [-0.05, 0) is 12.8 Å². The minimum Gasteiger partial charge on any atom is -0.481 e. The van der Waals surface area contributed by atoms with E-state index in [1.807, 2.05) is 0 Å². The van der Waals surface area contributed by atoms with E-state index in [-0.39, 0.29) is 18.4 Å². The van der Waals surface area contributed by atoms with E-state index in [1.165, 1.54) is 7.11 Å². The van der Waals surface area contributed by atoms with Gasteiger partial charge in [-0.1, -0.05) is 0 Å². The molecule has 0 spiro atoms. The summed E-state index contributed by atoms with van der Waals surface area (Å²) in [7, 11) is 1.32. The molecule has 0 unspecified atom stereocenters. The van der Waals surface area contributed by atoms with Crippen LogP contribution in [0.3, 0.4) is 0 Å². The molecule has 0 aromatic rings. The Morgan fingerprint density at radius 3 is 2.36 bits per heavy atom. The van der Waals surface area contributed by atoms with E-state index in [0.29, 0.717) is 19.4 Å². The molecule has 2 saturated heterocycles. The molecule has 1 saturated carbocycles. The predicted octanol–water partition coefficient (Wildman–Crippen LogP) is -0.212. The fourth-order valence-electron chi connectivity index (χ4n) is 2.33. The van der Waals surface area contributed by atoms with Crippen molar-refractivity contribution in [1.82, 2.24) is 5.32 Å². The molecule has 14 heavy (non-hydrogen) atoms. The van der Waals surface area contributed by atoms with Crippen molar-refractivity contribution in [2.45, 2.75) is 18.4 Å². The van der Waals surface area contributed by atoms with Crippen molar-refractivity contribution in [2.75, 3.05) is 13.7 Å². The second-order valence-electron chi connectivity index (χ2n) is 3.87. The Morgan fingerprint density at radius 2 is 2.00 bits per heavy atom. The Kier molecular flexibility index (Phi) is 2.49. The quantitative estimate of drug-likeness (QED) is 0.631. The molecule has 1 aliphatic carbocycles. The number of nitrogens with one attached hydrogen (secondary N) is 1. The van der Waals surface area contributed by atoms with E-state index in [0.717, 1.165) is 0 Å². The van der Waals surface area contributed by atoms with E-state index in [1.54, 1.807) is 0 Å². The van der Waals surface area contributed by atoms with Crippen molar-refractivity contribution in [3.8, 4) is 0 Å². The van der Waals surface area contributed by atoms with Gasteiger partial charge in [0.2, 0.25) is 0 Å². The van der Waals surface area contributed by atoms with Crippen LogP contribution in [0.4, 0.5) is 0 Å². The lowest BCUT2D eigenvalue weighted by Gasteiger charge is -2.40. The van der Waals surface area contributed by atoms with Crippen LogP contribution in [0, 0.1) is 5.41 Å². The molecule has 0 aromatic heterocycles. The number of carboxylic acids is 1. The summed E-state index contributed by atoms with van der Waals surface area (Å²) in [5.74, 6) is -1.17. The normalized spacial score (nSPS) is 38.1. The van der Waals surface area contributed by atoms with Crippen LogP contribution >= 0.6 is 12.4 Å². The summed E-state index contributed by atoms with van der Waals surface area (Å²) in [5, 5.41) is 11.8. The first kappa shape index (κ1) is 11.3. The lowest BCUT2D eigenvalue weighted by atomic mass is 9.62. The van der Waals surface area contributed by atoms with E-state index >= 15 is 0 Å². The van der Waals surface area contributed by atoms with Gasteiger partial charge in [0.15, 0.2) is 0 Å². The van der Waals surface area contributed by atoms with Crippen LogP contribution in [-0.2, 0) is 14.3 Å². The van der Waals surface area contributed by atoms with Crippen LogP contribution < -0.4 is 5.32 Å². The Hall–Kier alpha value is -0.810. The third-order valence-electron chi connectivity index (χ3n) is 3.08. The summed E-state index contributed by atoms with van der Waals surface area (Å²) in [5.41, 5.74) is -1.42. The molecular weight excluding hydrogens is 210 g/mol. The van der Waals surface area contributed by atoms with Crippen LogP contribution in [-0.4, -0.2) is 36.2 Å². The standard InChI is InChI=1S/C8H11NO4.ClH/c1-13-6(12)8-2-7(3-8,4-9-8)5(10)11;/h9H,2-4H2,1H3,(H,10,11);1H. The number of hydrogen-bond donors (Lipinski definition) is 2. The Morgan fingerprint density at radius 1 is 1.43 bits per heavy atom. The molecule has 2 N–H and O–H groups in total. The van der Waals surface area contributed by atoms with Gasteiger partial charge in [0.05, 0.1) is 12.5 Å². The Labute approximate surface area is 87.2 Å². The van der Waals surface area contributed by atoms with Gasteiger partial charge >= 0.3 is 11.9 Å². The number of aliphatic carboxylic acids is 1. The second-order valence-corrected chi connectivity index (χ2v) is 3.87. The number of halogens is 1. The van der Waals surface area contributed by atoms with Crippen molar-refractivity contribution in [3.63, 3.8) is 0 Å². The van der Waals surface area contributed by atoms with Gasteiger partial charge in [-0.2, -0.15) is 0 Å². The van der Waals surface area contributed by atoms with Gasteiger partial charge in [-0.3, -0.25) is 9.59 Å². The fourth-order valence-corrected chi connectivity index (χ4v) is 2.33. The summed E-state index contributed by atoms with van der Waals surface area (Å²) >= 11 is 0. The van der Waals surface area contributed by atoms with Crippen LogP contribution in [0.1, 0.15) is 12.8 Å². The highest BCUT2D eigenvalue weighted by Crippen LogP contribution is 2.54. The Bertz CT molecular complexity index is 285. The number of carbonyl (C=O) groups is 2. The average molecular weight is 222 g/mol. The van der Waals surface area contributed by atoms with E-state index in [4.69, 9.17) is 5.11 Å². The zero-order valence-corrected chi connectivity index (χ0v) is 8.52. The van der Waals surface area contributed by atoms with Crippen molar-refractivity contribution in [2.24, 2.45) is 5.41 Å². The fraction of sp³-hybridized carbons (Fsp3) is 0.750. The monoisotopic (exact) mass is 221 g/mol. The molecule has 3 aliphatic rings. The summed E-state index contributed by atoms with van der Waals surface area (Å²) in [4.78, 5) is 22.1. The van der Waals surface area contributed by atoms with Crippen molar-refractivity contribution in [1.29, 1.82) is 0 Å². The minimum atomic E-state index is -0.822. The first-order valence-corrected chi connectivity index (χ1v) is 4.12. The Balaban J connectivity index is 0.000000980. The van der Waals surface area contributed by atoms with Crippen LogP contribution in [0.5, 0.6) is 0 Å². The van der Waals surface area contributed by atoms with Crippen molar-refractivity contribution in [3.05, 3.63) is 0 Å². The highest BCUT2D eigenvalue weighted by Gasteiger charge is 2.69. The number of methoxy groups -OCH3 is 1. The molecule has 5 nitrogen and oxygen atoms in total. The predicted molar refractivity (Wildman–Crippen MR) is 49.3 cm³/mol. The van der Waals surface area contributed by atoms with Gasteiger partial charge in [0.25, 0.3) is 0 Å². The van der Waals surface area contributed by atoms with Crippen LogP contribution in [0.25, 0.3) is 0 Å². The molecule has 3 fully saturated rings. The number of esters is 1. The van der Waals surface area contributed by atoms with Crippen molar-refractivity contribution >= 4 is 24.3 Å². The maximum Gasteiger partial charge on any atom is 0.326 e. The lowest BCUT2D eigenvalue weighted by Crippen LogP contribution is -2.56. The number of ether oxygens (including phenoxy) is 1. The van der Waals surface area contributed by atoms with Crippen molar-refractivity contribution < 1.29 is 19.4 Å². The summed E-state index contributed by atoms with van der Waals surface area (Å²) in [6, 6.07) is 0. The highest BCUT2D eigenvalue weighted by molar-refractivity contribution is 5.90. The summed E-state index contributed by atoms with van der Waals surface area (Å²) in [6.45, 7) is 0.372. The molecule has 2 heterocycles. The third kappa shape index (κ3) is 1.12. The zero-order chi connectivity index (χ0) is 9.69. The molecule has 80 valence electrons. The molecule has 0 atom stereocenters. The van der Waals surface area contributed by atoms with Gasteiger partial charge < -0.3 is 15.2 Å². The number of carboxylic acid groups (broad SMARTS) is 1. The van der Waals surface area contributed by atoms with Crippen LogP contribution in [0.2, 0.25) is 0 Å². The van der Waals surface area contributed by atoms with Gasteiger partial charge in [0.1, 0.15) is 5.54 Å². The van der Waals surface area contributed by atoms with Gasteiger partial charge in [0, 0.05) is 6.54 Å². The van der Waals surface area contributed by atoms with E-state index in [9.17, 15) is 9.59 Å². The van der Waals surface area contributed by atoms with E-state index in [2.05, 4.69) is 10.1 Å². The lowest BCUT2D eigenvalue weighted by molar-refractivity contribution is -0.162. The second kappa shape index (κ2) is 3.10. The number of rotatable bonds is 2. The van der Waals surface area contributed by atoms with Gasteiger partial charge in [-0.15, -0.1) is 12.4 Å². The van der Waals surface area contributed by atoms with Crippen LogP contribution in [0.15, 0.2) is 0 Å². The highest BCUT2D eigenvalue weighted by atomic mass is 35.5. The molecule has 0 radical (unpaired) electrons. The maximum atomic E-state index is 11.3. The SMILES string of the molecule is COC(=O)C12CC(C(=O)O)(CN1)C2.Cl. The van der Waals surface area contributed by atoms with Gasteiger partial charge in [-0.25, -0.2) is 0 Å². The van der Waals surface area contributed by atoms with E-state index < -0.39 is 16.9 Å². The summed E-state index contributed by atoms with van der Waals surface area (Å²) < 4.78 is 4.61. The smallest absolute Gasteiger partial charge is 0.326 e. The molecule has 0 amide bonds. The first-order valence-electron chi connectivity index (χ1n) is 4.12. The number of fused-ring (bicyclic) bond motifs is 1. The molecular formula is C8H12ClNO4.